The summed E-state index contributed by atoms with van der Waals surface area (Å²) in [5, 5.41) is 0. The molecule has 138 valence electrons. The molecule has 0 spiro atoms. The number of fused-ring (bicyclic) bond motifs is 1. The molecule has 0 aromatic carbocycles. The van der Waals surface area contributed by atoms with Gasteiger partial charge >= 0.3 is 0 Å². The average Bonchev–Trinajstić information content (AvgIpc) is 3.27. The molecule has 0 radical (unpaired) electrons. The molecule has 2 aromatic heterocycles. The van der Waals surface area contributed by atoms with E-state index < -0.39 is 0 Å². The Labute approximate surface area is 153 Å². The van der Waals surface area contributed by atoms with Crippen molar-refractivity contribution in [1.29, 1.82) is 0 Å². The van der Waals surface area contributed by atoms with Gasteiger partial charge in [-0.15, -0.1) is 0 Å². The summed E-state index contributed by atoms with van der Waals surface area (Å²) in [7, 11) is 1.78. The monoisotopic (exact) mass is 355 g/mol. The van der Waals surface area contributed by atoms with E-state index in [1.807, 2.05) is 42.4 Å². The highest BCUT2D eigenvalue weighted by molar-refractivity contribution is 5.93. The highest BCUT2D eigenvalue weighted by Crippen LogP contribution is 2.34. The Morgan fingerprint density at radius 3 is 2.81 bits per heavy atom. The molecule has 6 heteroatoms. The maximum atomic E-state index is 13.0. The lowest BCUT2D eigenvalue weighted by molar-refractivity contribution is -0.0166. The Balaban J connectivity index is 1.54. The summed E-state index contributed by atoms with van der Waals surface area (Å²) in [5.74, 6) is 0.796. The number of aromatic nitrogens is 1. The zero-order chi connectivity index (χ0) is 18.1. The number of methoxy groups -OCH3 is 1. The Morgan fingerprint density at radius 2 is 2.12 bits per heavy atom. The SMILES string of the molecule is CO[C@@H]1CCN(C(=O)c2occc2C)[C@@H]2CN(Cc3ccncc3)C[C@@H]21. The molecule has 2 aliphatic heterocycles. The summed E-state index contributed by atoms with van der Waals surface area (Å²) < 4.78 is 11.2. The maximum Gasteiger partial charge on any atom is 0.290 e. The molecule has 4 heterocycles. The van der Waals surface area contributed by atoms with Crippen LogP contribution in [0.25, 0.3) is 0 Å². The predicted molar refractivity (Wildman–Crippen MR) is 96.7 cm³/mol. The van der Waals surface area contributed by atoms with Crippen molar-refractivity contribution in [3.63, 3.8) is 0 Å². The first-order valence-corrected chi connectivity index (χ1v) is 9.16. The quantitative estimate of drug-likeness (QED) is 0.843. The van der Waals surface area contributed by atoms with Crippen LogP contribution in [0.2, 0.25) is 0 Å². The van der Waals surface area contributed by atoms with Crippen molar-refractivity contribution in [2.45, 2.75) is 32.0 Å². The van der Waals surface area contributed by atoms with Crippen LogP contribution in [0.5, 0.6) is 0 Å². The normalized spacial score (nSPS) is 26.1. The number of nitrogens with zero attached hydrogens (tertiary/aromatic N) is 3. The largest absolute Gasteiger partial charge is 0.459 e. The summed E-state index contributed by atoms with van der Waals surface area (Å²) in [6.45, 7) is 5.29. The van der Waals surface area contributed by atoms with Crippen LogP contribution in [-0.2, 0) is 11.3 Å². The number of hydrogen-bond donors (Lipinski definition) is 0. The third kappa shape index (κ3) is 3.15. The van der Waals surface area contributed by atoms with E-state index in [0.29, 0.717) is 18.2 Å². The zero-order valence-electron chi connectivity index (χ0n) is 15.3. The predicted octanol–water partition coefficient (Wildman–Crippen LogP) is 2.34. The van der Waals surface area contributed by atoms with Crippen molar-refractivity contribution in [3.8, 4) is 0 Å². The van der Waals surface area contributed by atoms with E-state index in [-0.39, 0.29) is 18.1 Å². The Morgan fingerprint density at radius 1 is 1.31 bits per heavy atom. The number of aryl methyl sites for hydroxylation is 1. The Bertz CT molecular complexity index is 761. The summed E-state index contributed by atoms with van der Waals surface area (Å²) >= 11 is 0. The van der Waals surface area contributed by atoms with Gasteiger partial charge in [-0.3, -0.25) is 14.7 Å². The number of ether oxygens (including phenoxy) is 1. The fourth-order valence-corrected chi connectivity index (χ4v) is 4.38. The molecule has 1 amide bonds. The lowest BCUT2D eigenvalue weighted by atomic mass is 9.88. The topological polar surface area (TPSA) is 58.8 Å². The molecule has 2 fully saturated rings. The molecule has 0 bridgehead atoms. The number of rotatable bonds is 4. The second-order valence-corrected chi connectivity index (χ2v) is 7.27. The third-order valence-electron chi connectivity index (χ3n) is 5.72. The molecule has 2 aromatic rings. The molecular weight excluding hydrogens is 330 g/mol. The molecule has 26 heavy (non-hydrogen) atoms. The van der Waals surface area contributed by atoms with Gasteiger partial charge in [0, 0.05) is 57.2 Å². The first-order valence-electron chi connectivity index (χ1n) is 9.16. The van der Waals surface area contributed by atoms with Gasteiger partial charge in [0.05, 0.1) is 18.4 Å². The number of likely N-dealkylation sites (tertiary alicyclic amines) is 2. The standard InChI is InChI=1S/C20H25N3O3/c1-14-6-10-26-19(14)20(24)23-9-5-18(25-2)16-12-22(13-17(16)23)11-15-3-7-21-8-4-15/h3-4,6-8,10,16-18H,5,9,11-13H2,1-2H3/t16-,17+,18+/m0/s1. The first kappa shape index (κ1) is 17.2. The molecule has 0 N–H and O–H groups in total. The number of hydrogen-bond acceptors (Lipinski definition) is 5. The minimum absolute atomic E-state index is 0.00261. The van der Waals surface area contributed by atoms with Crippen LogP contribution in [0.1, 0.15) is 28.1 Å². The van der Waals surface area contributed by atoms with E-state index in [1.165, 1.54) is 5.56 Å². The summed E-state index contributed by atoms with van der Waals surface area (Å²) in [6, 6.07) is 6.10. The highest BCUT2D eigenvalue weighted by Gasteiger charge is 2.46. The molecule has 3 atom stereocenters. The van der Waals surface area contributed by atoms with Crippen LogP contribution >= 0.6 is 0 Å². The first-order chi connectivity index (χ1) is 12.7. The van der Waals surface area contributed by atoms with Gasteiger partial charge in [-0.05, 0) is 37.1 Å². The van der Waals surface area contributed by atoms with Gasteiger partial charge in [0.15, 0.2) is 5.76 Å². The number of piperidine rings is 1. The van der Waals surface area contributed by atoms with Crippen molar-refractivity contribution < 1.29 is 13.9 Å². The van der Waals surface area contributed by atoms with Gasteiger partial charge in [-0.2, -0.15) is 0 Å². The van der Waals surface area contributed by atoms with Crippen molar-refractivity contribution in [2.75, 3.05) is 26.7 Å². The fourth-order valence-electron chi connectivity index (χ4n) is 4.38. The van der Waals surface area contributed by atoms with E-state index in [0.717, 1.165) is 31.6 Å². The van der Waals surface area contributed by atoms with Crippen molar-refractivity contribution in [3.05, 3.63) is 53.7 Å². The summed E-state index contributed by atoms with van der Waals surface area (Å²) in [6.07, 6.45) is 6.31. The number of amides is 1. The highest BCUT2D eigenvalue weighted by atomic mass is 16.5. The molecule has 6 nitrogen and oxygen atoms in total. The van der Waals surface area contributed by atoms with Gasteiger partial charge < -0.3 is 14.1 Å². The van der Waals surface area contributed by atoms with Gasteiger partial charge in [0.1, 0.15) is 0 Å². The van der Waals surface area contributed by atoms with E-state index in [9.17, 15) is 4.79 Å². The van der Waals surface area contributed by atoms with Gasteiger partial charge in [0.25, 0.3) is 5.91 Å². The van der Waals surface area contributed by atoms with E-state index in [4.69, 9.17) is 9.15 Å². The van der Waals surface area contributed by atoms with E-state index in [2.05, 4.69) is 9.88 Å². The van der Waals surface area contributed by atoms with Crippen molar-refractivity contribution in [1.82, 2.24) is 14.8 Å². The molecule has 2 aliphatic rings. The third-order valence-corrected chi connectivity index (χ3v) is 5.72. The number of carbonyl (C=O) groups excluding carboxylic acids is 1. The van der Waals surface area contributed by atoms with Crippen LogP contribution in [0.15, 0.2) is 41.3 Å². The Kier molecular flexibility index (Phi) is 4.78. The number of furan rings is 1. The molecule has 4 rings (SSSR count). The summed E-state index contributed by atoms with van der Waals surface area (Å²) in [5.41, 5.74) is 2.14. The zero-order valence-corrected chi connectivity index (χ0v) is 15.3. The molecular formula is C20H25N3O3. The smallest absolute Gasteiger partial charge is 0.290 e. The van der Waals surface area contributed by atoms with Crippen LogP contribution in [-0.4, -0.2) is 59.6 Å². The van der Waals surface area contributed by atoms with Crippen LogP contribution in [0.3, 0.4) is 0 Å². The maximum absolute atomic E-state index is 13.0. The number of carbonyl (C=O) groups is 1. The van der Waals surface area contributed by atoms with Gasteiger partial charge in [-0.1, -0.05) is 0 Å². The molecule has 2 saturated heterocycles. The molecule has 0 saturated carbocycles. The number of pyridine rings is 1. The molecule has 0 aliphatic carbocycles. The second-order valence-electron chi connectivity index (χ2n) is 7.27. The van der Waals surface area contributed by atoms with Crippen LogP contribution < -0.4 is 0 Å². The summed E-state index contributed by atoms with van der Waals surface area (Å²) in [4.78, 5) is 21.5. The second kappa shape index (κ2) is 7.21. The average molecular weight is 355 g/mol. The minimum Gasteiger partial charge on any atom is -0.459 e. The van der Waals surface area contributed by atoms with E-state index in [1.54, 1.807) is 13.4 Å². The van der Waals surface area contributed by atoms with Gasteiger partial charge in [-0.25, -0.2) is 0 Å². The van der Waals surface area contributed by atoms with Crippen LogP contribution in [0.4, 0.5) is 0 Å². The molecule has 0 unspecified atom stereocenters. The van der Waals surface area contributed by atoms with Crippen molar-refractivity contribution in [2.24, 2.45) is 5.92 Å². The van der Waals surface area contributed by atoms with Gasteiger partial charge in [0.2, 0.25) is 0 Å². The lowest BCUT2D eigenvalue weighted by Gasteiger charge is -2.40. The minimum atomic E-state index is 0.00261. The van der Waals surface area contributed by atoms with Crippen molar-refractivity contribution >= 4 is 5.91 Å². The Hall–Kier alpha value is -2.18. The van der Waals surface area contributed by atoms with Crippen LogP contribution in [0, 0.1) is 12.8 Å². The van der Waals surface area contributed by atoms with E-state index >= 15 is 0 Å². The fraction of sp³-hybridized carbons (Fsp3) is 0.500. The lowest BCUT2D eigenvalue weighted by Crippen LogP contribution is -2.53.